The third-order valence-electron chi connectivity index (χ3n) is 11.8. The average molecular weight is 529 g/mol. The summed E-state index contributed by atoms with van der Waals surface area (Å²) in [7, 11) is 0. The number of aliphatic hydroxyl groups is 3. The molecule has 3 N–H and O–H groups in total. The Morgan fingerprint density at radius 1 is 1.08 bits per heavy atom. The van der Waals surface area contributed by atoms with Crippen molar-refractivity contribution in [2.75, 3.05) is 0 Å². The fraction of sp³-hybridized carbons (Fsp3) is 0.714. The lowest BCUT2D eigenvalue weighted by Crippen LogP contribution is -2.78. The van der Waals surface area contributed by atoms with Crippen LogP contribution in [0.25, 0.3) is 0 Å². The normalized spacial score (nSPS) is 58.1. The van der Waals surface area contributed by atoms with Gasteiger partial charge in [-0.15, -0.1) is 0 Å². The van der Waals surface area contributed by atoms with E-state index in [1.165, 1.54) is 13.0 Å². The van der Waals surface area contributed by atoms with Crippen LogP contribution < -0.4 is 0 Å². The van der Waals surface area contributed by atoms with Gasteiger partial charge in [0.15, 0.2) is 22.6 Å². The summed E-state index contributed by atoms with van der Waals surface area (Å²) in [5.41, 5.74) is -8.02. The molecule has 0 aromatic carbocycles. The van der Waals surface area contributed by atoms with Crippen LogP contribution in [0.15, 0.2) is 23.8 Å². The molecular formula is C28H32O10. The van der Waals surface area contributed by atoms with Crippen molar-refractivity contribution in [2.45, 2.75) is 88.2 Å². The number of aliphatic hydroxyl groups excluding tert-OH is 1. The summed E-state index contributed by atoms with van der Waals surface area (Å²) in [6.07, 6.45) is 2.64. The van der Waals surface area contributed by atoms with Gasteiger partial charge in [0, 0.05) is 6.42 Å². The fourth-order valence-electron chi connectivity index (χ4n) is 9.48. The van der Waals surface area contributed by atoms with Gasteiger partial charge in [-0.05, 0) is 50.0 Å². The van der Waals surface area contributed by atoms with Gasteiger partial charge in [0.1, 0.15) is 11.9 Å². The summed E-state index contributed by atoms with van der Waals surface area (Å²) >= 11 is 0. The van der Waals surface area contributed by atoms with Crippen LogP contribution >= 0.6 is 0 Å². The van der Waals surface area contributed by atoms with Crippen LogP contribution in [-0.2, 0) is 33.4 Å². The molecule has 0 aromatic rings. The van der Waals surface area contributed by atoms with E-state index < -0.39 is 87.0 Å². The molecule has 7 rings (SSSR count). The molecule has 4 saturated heterocycles. The predicted octanol–water partition coefficient (Wildman–Crippen LogP) is 0.510. The molecule has 1 saturated carbocycles. The first-order valence-electron chi connectivity index (χ1n) is 13.4. The number of Topliss-reactive ketones (excluding diaryl/α,β-unsaturated/α-hetero) is 2. The molecule has 204 valence electrons. The Balaban J connectivity index is 1.52. The summed E-state index contributed by atoms with van der Waals surface area (Å²) in [5, 5.41) is 36.1. The van der Waals surface area contributed by atoms with Gasteiger partial charge < -0.3 is 29.5 Å². The average Bonchev–Trinajstić information content (AvgIpc) is 3.19. The van der Waals surface area contributed by atoms with Crippen LogP contribution in [0, 0.1) is 34.5 Å². The summed E-state index contributed by atoms with van der Waals surface area (Å²) in [4.78, 5) is 54.6. The number of carbonyl (C=O) groups is 4. The number of carbonyl (C=O) groups excluding carboxylic acids is 4. The molecule has 0 unspecified atom stereocenters. The molecule has 3 aliphatic carbocycles. The maximum absolute atomic E-state index is 14.6. The van der Waals surface area contributed by atoms with Crippen molar-refractivity contribution in [1.29, 1.82) is 0 Å². The molecule has 4 heterocycles. The molecular weight excluding hydrogens is 496 g/mol. The fourth-order valence-corrected chi connectivity index (χ4v) is 9.48. The molecule has 4 bridgehead atoms. The highest BCUT2D eigenvalue weighted by molar-refractivity contribution is 5.99. The molecule has 0 radical (unpaired) electrons. The number of esters is 2. The van der Waals surface area contributed by atoms with Gasteiger partial charge in [-0.1, -0.05) is 32.1 Å². The Morgan fingerprint density at radius 2 is 1.79 bits per heavy atom. The zero-order valence-corrected chi connectivity index (χ0v) is 21.7. The highest BCUT2D eigenvalue weighted by atomic mass is 16.7. The first kappa shape index (κ1) is 24.6. The Bertz CT molecular complexity index is 1300. The van der Waals surface area contributed by atoms with Gasteiger partial charge in [0.2, 0.25) is 5.79 Å². The monoisotopic (exact) mass is 528 g/mol. The number of allylic oxidation sites excluding steroid dienone is 3. The molecule has 10 heteroatoms. The minimum Gasteiger partial charge on any atom is -0.458 e. The number of ketones is 2. The van der Waals surface area contributed by atoms with Crippen LogP contribution in [0.2, 0.25) is 0 Å². The third-order valence-corrected chi connectivity index (χ3v) is 11.8. The first-order chi connectivity index (χ1) is 17.6. The summed E-state index contributed by atoms with van der Waals surface area (Å²) < 4.78 is 18.0. The minimum atomic E-state index is -2.67. The summed E-state index contributed by atoms with van der Waals surface area (Å²) in [6.45, 7) is 6.53. The largest absolute Gasteiger partial charge is 0.458 e. The van der Waals surface area contributed by atoms with E-state index in [0.717, 1.165) is 0 Å². The van der Waals surface area contributed by atoms with E-state index in [-0.39, 0.29) is 31.5 Å². The van der Waals surface area contributed by atoms with Gasteiger partial charge in [-0.25, -0.2) is 4.79 Å². The topological polar surface area (TPSA) is 157 Å². The highest BCUT2D eigenvalue weighted by Gasteiger charge is 2.92. The van der Waals surface area contributed by atoms with E-state index in [4.69, 9.17) is 14.2 Å². The van der Waals surface area contributed by atoms with Gasteiger partial charge >= 0.3 is 11.9 Å². The number of hydrogen-bond donors (Lipinski definition) is 3. The number of hydrogen-bond acceptors (Lipinski definition) is 10. The molecule has 0 amide bonds. The van der Waals surface area contributed by atoms with Crippen molar-refractivity contribution in [1.82, 2.24) is 0 Å². The van der Waals surface area contributed by atoms with Crippen molar-refractivity contribution in [3.63, 3.8) is 0 Å². The lowest BCUT2D eigenvalue weighted by Gasteiger charge is -2.61. The molecule has 7 aliphatic rings. The quantitative estimate of drug-likeness (QED) is 0.379. The van der Waals surface area contributed by atoms with E-state index in [0.29, 0.717) is 5.57 Å². The van der Waals surface area contributed by atoms with Crippen LogP contribution in [-0.4, -0.2) is 73.6 Å². The van der Waals surface area contributed by atoms with Crippen molar-refractivity contribution in [2.24, 2.45) is 34.5 Å². The van der Waals surface area contributed by atoms with Crippen molar-refractivity contribution in [3.05, 3.63) is 23.8 Å². The highest BCUT2D eigenvalue weighted by Crippen LogP contribution is 2.73. The van der Waals surface area contributed by atoms with Gasteiger partial charge in [-0.2, -0.15) is 0 Å². The Labute approximate surface area is 219 Å². The summed E-state index contributed by atoms with van der Waals surface area (Å²) in [6, 6.07) is 0. The number of rotatable bonds is 0. The van der Waals surface area contributed by atoms with Crippen LogP contribution in [0.5, 0.6) is 0 Å². The molecule has 10 nitrogen and oxygen atoms in total. The second-order valence-corrected chi connectivity index (χ2v) is 13.1. The van der Waals surface area contributed by atoms with Gasteiger partial charge in [-0.3, -0.25) is 14.4 Å². The van der Waals surface area contributed by atoms with Crippen molar-refractivity contribution in [3.8, 4) is 0 Å². The molecule has 5 fully saturated rings. The number of ether oxygens (including phenoxy) is 3. The minimum absolute atomic E-state index is 0.0287. The molecule has 38 heavy (non-hydrogen) atoms. The third kappa shape index (κ3) is 2.19. The van der Waals surface area contributed by atoms with E-state index in [1.807, 2.05) is 0 Å². The predicted molar refractivity (Wildman–Crippen MR) is 126 cm³/mol. The zero-order valence-electron chi connectivity index (χ0n) is 21.7. The molecule has 12 atom stereocenters. The van der Waals surface area contributed by atoms with Crippen LogP contribution in [0.4, 0.5) is 0 Å². The molecule has 1 spiro atoms. The smallest absolute Gasteiger partial charge is 0.342 e. The second-order valence-electron chi connectivity index (χ2n) is 13.1. The molecule has 0 aromatic heterocycles. The Hall–Kier alpha value is -2.40. The SMILES string of the molecule is C[C@@H]1C(=O)O[C@@H]2C[C@@]1(C)[C@@H]1C(=O)[C@]3(O)O[C@]14[C@@]2(C)OC(=O)[C@@]4(O)CC[C@H]1[C@H]3[C@H](O)C=C2C=CCC(=O)[C@@]21C. The Kier molecular flexibility index (Phi) is 4.31. The van der Waals surface area contributed by atoms with Gasteiger partial charge in [0.25, 0.3) is 0 Å². The Morgan fingerprint density at radius 3 is 2.50 bits per heavy atom. The van der Waals surface area contributed by atoms with E-state index >= 15 is 0 Å². The maximum Gasteiger partial charge on any atom is 0.342 e. The van der Waals surface area contributed by atoms with Crippen molar-refractivity contribution < 1.29 is 48.7 Å². The lowest BCUT2D eigenvalue weighted by atomic mass is 9.46. The van der Waals surface area contributed by atoms with Crippen molar-refractivity contribution >= 4 is 23.5 Å². The lowest BCUT2D eigenvalue weighted by molar-refractivity contribution is -0.350. The van der Waals surface area contributed by atoms with Crippen LogP contribution in [0.3, 0.4) is 0 Å². The zero-order chi connectivity index (χ0) is 27.4. The molecule has 4 aliphatic heterocycles. The van der Waals surface area contributed by atoms with Gasteiger partial charge in [0.05, 0.1) is 29.3 Å². The number of fused-ring (bicyclic) bond motifs is 9. The first-order valence-corrected chi connectivity index (χ1v) is 13.4. The second kappa shape index (κ2) is 6.66. The van der Waals surface area contributed by atoms with E-state index in [2.05, 4.69) is 0 Å². The maximum atomic E-state index is 14.6. The standard InChI is InChI=1S/C28H32O10/c1-12-21(32)36-17-11-23(12,2)19-20(31)27(35)18-14(24(3)13(10-15(18)29)6-5-7-16(24)30)8-9-26(34)22(33)37-25(17,4)28(19,26)38-27/h5-6,10,12,14-15,17-19,29,34-35H,7-9,11H2,1-4H3/t12-,14+,15-,17-,18+,19+,23-,24+,25+,26+,27-,28+/m1/s1. The van der Waals surface area contributed by atoms with E-state index in [9.17, 15) is 34.5 Å². The van der Waals surface area contributed by atoms with E-state index in [1.54, 1.807) is 32.9 Å². The summed E-state index contributed by atoms with van der Waals surface area (Å²) in [5.74, 6) is -9.49. The van der Waals surface area contributed by atoms with Crippen LogP contribution in [0.1, 0.15) is 53.4 Å².